The van der Waals surface area contributed by atoms with Crippen molar-refractivity contribution in [3.8, 4) is 11.3 Å². The number of carbonyl (C=O) groups is 1. The topological polar surface area (TPSA) is 58.1 Å². The molecule has 2 aromatic rings. The lowest BCUT2D eigenvalue weighted by Gasteiger charge is -2.24. The Morgan fingerprint density at radius 1 is 1.06 bits per heavy atom. The van der Waals surface area contributed by atoms with E-state index in [-0.39, 0.29) is 5.91 Å². The van der Waals surface area contributed by atoms with Crippen molar-refractivity contribution in [1.82, 2.24) is 14.9 Å². The zero-order chi connectivity index (χ0) is 22.0. The van der Waals surface area contributed by atoms with Gasteiger partial charge in [0.2, 0.25) is 5.91 Å². The first-order valence-corrected chi connectivity index (χ1v) is 11.7. The monoisotopic (exact) mass is 420 g/mol. The number of rotatable bonds is 6. The normalized spacial score (nSPS) is 23.7. The van der Waals surface area contributed by atoms with Gasteiger partial charge >= 0.3 is 0 Å². The number of nitrogens with one attached hydrogen (secondary N) is 1. The number of amides is 1. The van der Waals surface area contributed by atoms with Gasteiger partial charge in [0, 0.05) is 37.5 Å². The fraction of sp³-hybridized carbons (Fsp3) is 0.577. The van der Waals surface area contributed by atoms with Crippen LogP contribution in [0.3, 0.4) is 0 Å². The quantitative estimate of drug-likeness (QED) is 0.711. The first kappa shape index (κ1) is 21.9. The number of anilines is 1. The lowest BCUT2D eigenvalue weighted by Crippen LogP contribution is -2.26. The van der Waals surface area contributed by atoms with Gasteiger partial charge in [-0.25, -0.2) is 0 Å². The lowest BCUT2D eigenvalue weighted by atomic mass is 9.92. The Bertz CT molecular complexity index is 871. The number of carbonyl (C=O) groups excluding carboxylic acids is 1. The molecule has 31 heavy (non-hydrogen) atoms. The molecular formula is C26H36N4O. The Balaban J connectivity index is 1.27. The summed E-state index contributed by atoms with van der Waals surface area (Å²) >= 11 is 0. The maximum Gasteiger partial charge on any atom is 0.221 e. The number of benzene rings is 1. The van der Waals surface area contributed by atoms with Crippen LogP contribution in [-0.2, 0) is 11.2 Å². The number of hydrogen-bond donors (Lipinski definition) is 1. The fourth-order valence-corrected chi connectivity index (χ4v) is 5.20. The predicted molar refractivity (Wildman–Crippen MR) is 126 cm³/mol. The first-order chi connectivity index (χ1) is 14.7. The van der Waals surface area contributed by atoms with E-state index >= 15 is 0 Å². The zero-order valence-corrected chi connectivity index (χ0v) is 19.4. The van der Waals surface area contributed by atoms with Crippen LogP contribution in [0.15, 0.2) is 36.7 Å². The Hall–Kier alpha value is -2.27. The average Bonchev–Trinajstić information content (AvgIpc) is 3.25. The Morgan fingerprint density at radius 3 is 2.29 bits per heavy atom. The van der Waals surface area contributed by atoms with Crippen molar-refractivity contribution in [3.05, 3.63) is 42.4 Å². The van der Waals surface area contributed by atoms with Crippen LogP contribution in [0.5, 0.6) is 0 Å². The molecule has 1 unspecified atom stereocenters. The minimum Gasteiger partial charge on any atom is -0.326 e. The van der Waals surface area contributed by atoms with Crippen molar-refractivity contribution in [2.45, 2.75) is 53.4 Å². The van der Waals surface area contributed by atoms with Gasteiger partial charge in [-0.2, -0.15) is 0 Å². The standard InChI is InChI=1S/C26H36N4O/c1-18(31)29-23-7-5-20(6-8-23)25-15-27-24(14-28-25)13-19-11-21-16-30(17-22(21)12-19)10-9-26(2,3)4/h5-8,14-15,19,21-22H,9-13,16-17H2,1-4H3,(H,29,31)/t19?,21-,22+. The van der Waals surface area contributed by atoms with E-state index in [1.807, 2.05) is 36.7 Å². The predicted octanol–water partition coefficient (Wildman–Crippen LogP) is 5.04. The van der Waals surface area contributed by atoms with E-state index < -0.39 is 0 Å². The van der Waals surface area contributed by atoms with Crippen molar-refractivity contribution < 1.29 is 4.79 Å². The molecule has 2 heterocycles. The summed E-state index contributed by atoms with van der Waals surface area (Å²) in [5.41, 5.74) is 4.21. The third-order valence-electron chi connectivity index (χ3n) is 6.81. The van der Waals surface area contributed by atoms with Crippen molar-refractivity contribution in [3.63, 3.8) is 0 Å². The molecule has 1 aromatic carbocycles. The van der Waals surface area contributed by atoms with Gasteiger partial charge in [0.05, 0.1) is 17.6 Å². The fourth-order valence-electron chi connectivity index (χ4n) is 5.20. The van der Waals surface area contributed by atoms with Crippen LogP contribution >= 0.6 is 0 Å². The Labute approximate surface area is 186 Å². The summed E-state index contributed by atoms with van der Waals surface area (Å²) in [4.78, 5) is 23.2. The number of fused-ring (bicyclic) bond motifs is 1. The molecule has 1 amide bonds. The van der Waals surface area contributed by atoms with Crippen molar-refractivity contribution in [2.75, 3.05) is 25.0 Å². The number of nitrogens with zero attached hydrogens (tertiary/aromatic N) is 3. The van der Waals surface area contributed by atoms with E-state index in [4.69, 9.17) is 4.98 Å². The lowest BCUT2D eigenvalue weighted by molar-refractivity contribution is -0.114. The van der Waals surface area contributed by atoms with Gasteiger partial charge in [0.25, 0.3) is 0 Å². The molecule has 2 fully saturated rings. The molecule has 1 saturated carbocycles. The molecule has 0 spiro atoms. The maximum atomic E-state index is 11.2. The summed E-state index contributed by atoms with van der Waals surface area (Å²) in [6.07, 6.45) is 8.83. The van der Waals surface area contributed by atoms with Gasteiger partial charge < -0.3 is 10.2 Å². The number of likely N-dealkylation sites (tertiary alicyclic amines) is 1. The van der Waals surface area contributed by atoms with E-state index in [2.05, 4.69) is 36.0 Å². The summed E-state index contributed by atoms with van der Waals surface area (Å²) in [7, 11) is 0. The minimum atomic E-state index is -0.0643. The average molecular weight is 421 g/mol. The van der Waals surface area contributed by atoms with E-state index in [9.17, 15) is 4.79 Å². The molecular weight excluding hydrogens is 384 g/mol. The highest BCUT2D eigenvalue weighted by Crippen LogP contribution is 2.43. The van der Waals surface area contributed by atoms with Gasteiger partial charge in [-0.05, 0) is 67.5 Å². The Morgan fingerprint density at radius 2 is 1.74 bits per heavy atom. The minimum absolute atomic E-state index is 0.0643. The Kier molecular flexibility index (Phi) is 6.42. The summed E-state index contributed by atoms with van der Waals surface area (Å²) in [5, 5.41) is 2.79. The largest absolute Gasteiger partial charge is 0.326 e. The molecule has 1 aromatic heterocycles. The molecule has 5 nitrogen and oxygen atoms in total. The smallest absolute Gasteiger partial charge is 0.221 e. The van der Waals surface area contributed by atoms with Crippen molar-refractivity contribution in [2.24, 2.45) is 23.2 Å². The molecule has 0 radical (unpaired) electrons. The van der Waals surface area contributed by atoms with Crippen LogP contribution in [0.25, 0.3) is 11.3 Å². The highest BCUT2D eigenvalue weighted by molar-refractivity contribution is 5.88. The van der Waals surface area contributed by atoms with Gasteiger partial charge in [0.1, 0.15) is 0 Å². The molecule has 4 rings (SSSR count). The molecule has 1 aliphatic heterocycles. The van der Waals surface area contributed by atoms with Gasteiger partial charge in [0.15, 0.2) is 0 Å². The molecule has 166 valence electrons. The summed E-state index contributed by atoms with van der Waals surface area (Å²) in [6, 6.07) is 7.74. The third-order valence-corrected chi connectivity index (χ3v) is 6.81. The third kappa shape index (κ3) is 5.91. The second-order valence-corrected chi connectivity index (χ2v) is 10.8. The second kappa shape index (κ2) is 9.07. The van der Waals surface area contributed by atoms with Crippen LogP contribution in [0.2, 0.25) is 0 Å². The van der Waals surface area contributed by atoms with E-state index in [1.165, 1.54) is 45.8 Å². The van der Waals surface area contributed by atoms with Gasteiger partial charge in [-0.1, -0.05) is 32.9 Å². The van der Waals surface area contributed by atoms with Crippen LogP contribution in [0.4, 0.5) is 5.69 Å². The van der Waals surface area contributed by atoms with Crippen molar-refractivity contribution >= 4 is 11.6 Å². The molecule has 0 bridgehead atoms. The molecule has 1 saturated heterocycles. The van der Waals surface area contributed by atoms with Crippen LogP contribution < -0.4 is 5.32 Å². The molecule has 1 aliphatic carbocycles. The summed E-state index contributed by atoms with van der Waals surface area (Å²) < 4.78 is 0. The van der Waals surface area contributed by atoms with Gasteiger partial charge in [-0.3, -0.25) is 14.8 Å². The van der Waals surface area contributed by atoms with Crippen LogP contribution in [-0.4, -0.2) is 40.4 Å². The zero-order valence-electron chi connectivity index (χ0n) is 19.4. The highest BCUT2D eigenvalue weighted by Gasteiger charge is 2.40. The molecule has 3 atom stereocenters. The van der Waals surface area contributed by atoms with Crippen LogP contribution in [0.1, 0.15) is 52.7 Å². The number of aromatic nitrogens is 2. The number of hydrogen-bond acceptors (Lipinski definition) is 4. The van der Waals surface area contributed by atoms with Crippen molar-refractivity contribution in [1.29, 1.82) is 0 Å². The molecule has 5 heteroatoms. The van der Waals surface area contributed by atoms with E-state index in [0.29, 0.717) is 5.41 Å². The van der Waals surface area contributed by atoms with E-state index in [0.717, 1.165) is 46.8 Å². The second-order valence-electron chi connectivity index (χ2n) is 10.8. The molecule has 2 aliphatic rings. The highest BCUT2D eigenvalue weighted by atomic mass is 16.1. The maximum absolute atomic E-state index is 11.2. The summed E-state index contributed by atoms with van der Waals surface area (Å²) in [6.45, 7) is 12.4. The molecule has 1 N–H and O–H groups in total. The summed E-state index contributed by atoms with van der Waals surface area (Å²) in [5.74, 6) is 2.43. The van der Waals surface area contributed by atoms with Gasteiger partial charge in [-0.15, -0.1) is 0 Å². The van der Waals surface area contributed by atoms with E-state index in [1.54, 1.807) is 0 Å². The van der Waals surface area contributed by atoms with Crippen LogP contribution in [0, 0.1) is 23.2 Å². The SMILES string of the molecule is CC(=O)Nc1ccc(-c2cnc(CC3C[C@@H]4CN(CCC(C)(C)C)C[C@@H]4C3)cn2)cc1. The first-order valence-electron chi connectivity index (χ1n) is 11.7.